The SMILES string of the molecule is CC(CNCc1cccc(C(N)=O)c1)N1CCCCC1. The predicted octanol–water partition coefficient (Wildman–Crippen LogP) is 1.75. The Balaban J connectivity index is 1.77. The highest BCUT2D eigenvalue weighted by molar-refractivity contribution is 5.92. The molecule has 2 rings (SSSR count). The summed E-state index contributed by atoms with van der Waals surface area (Å²) in [5, 5.41) is 3.47. The van der Waals surface area contributed by atoms with Gasteiger partial charge in [0, 0.05) is 24.7 Å². The second kappa shape index (κ2) is 7.41. The first kappa shape index (κ1) is 15.0. The standard InChI is InChI=1S/C16H25N3O/c1-13(19-8-3-2-4-9-19)11-18-12-14-6-5-7-15(10-14)16(17)20/h5-7,10,13,18H,2-4,8-9,11-12H2,1H3,(H2,17,20). The molecule has 0 spiro atoms. The van der Waals surface area contributed by atoms with Crippen molar-refractivity contribution >= 4 is 5.91 Å². The van der Waals surface area contributed by atoms with Crippen LogP contribution in [0.3, 0.4) is 0 Å². The number of hydrogen-bond donors (Lipinski definition) is 2. The van der Waals surface area contributed by atoms with E-state index in [1.54, 1.807) is 6.07 Å². The Hall–Kier alpha value is -1.39. The van der Waals surface area contributed by atoms with Gasteiger partial charge in [0.1, 0.15) is 0 Å². The molecule has 1 saturated heterocycles. The molecule has 1 aromatic rings. The number of likely N-dealkylation sites (tertiary alicyclic amines) is 1. The second-order valence-corrected chi connectivity index (χ2v) is 5.64. The van der Waals surface area contributed by atoms with Crippen molar-refractivity contribution in [1.82, 2.24) is 10.2 Å². The lowest BCUT2D eigenvalue weighted by Crippen LogP contribution is -2.42. The molecule has 1 aliphatic rings. The molecule has 110 valence electrons. The van der Waals surface area contributed by atoms with Crippen LogP contribution in [0, 0.1) is 0 Å². The molecule has 4 heteroatoms. The van der Waals surface area contributed by atoms with Crippen LogP contribution in [0.4, 0.5) is 0 Å². The largest absolute Gasteiger partial charge is 0.366 e. The third-order valence-electron chi connectivity index (χ3n) is 3.99. The van der Waals surface area contributed by atoms with Crippen molar-refractivity contribution in [3.63, 3.8) is 0 Å². The van der Waals surface area contributed by atoms with Gasteiger partial charge in [0.05, 0.1) is 0 Å². The van der Waals surface area contributed by atoms with Gasteiger partial charge in [0.15, 0.2) is 0 Å². The number of carbonyl (C=O) groups excluding carboxylic acids is 1. The first-order valence-corrected chi connectivity index (χ1v) is 7.50. The van der Waals surface area contributed by atoms with Crippen LogP contribution in [0.5, 0.6) is 0 Å². The van der Waals surface area contributed by atoms with Crippen molar-refractivity contribution in [3.05, 3.63) is 35.4 Å². The molecular formula is C16H25N3O. The molecule has 3 N–H and O–H groups in total. The van der Waals surface area contributed by atoms with Crippen molar-refractivity contribution in [3.8, 4) is 0 Å². The molecule has 1 heterocycles. The van der Waals surface area contributed by atoms with Crippen LogP contribution >= 0.6 is 0 Å². The minimum absolute atomic E-state index is 0.367. The van der Waals surface area contributed by atoms with Crippen LogP contribution < -0.4 is 11.1 Å². The molecule has 0 aromatic heterocycles. The number of amides is 1. The van der Waals surface area contributed by atoms with Gasteiger partial charge in [-0.1, -0.05) is 18.6 Å². The van der Waals surface area contributed by atoms with Gasteiger partial charge in [0.25, 0.3) is 0 Å². The number of nitrogens with zero attached hydrogens (tertiary/aromatic N) is 1. The summed E-state index contributed by atoms with van der Waals surface area (Å²) in [6, 6.07) is 8.08. The van der Waals surface area contributed by atoms with E-state index in [-0.39, 0.29) is 5.91 Å². The van der Waals surface area contributed by atoms with E-state index in [0.29, 0.717) is 11.6 Å². The molecule has 0 radical (unpaired) electrons. The summed E-state index contributed by atoms with van der Waals surface area (Å²) in [5.41, 5.74) is 6.97. The lowest BCUT2D eigenvalue weighted by molar-refractivity contribution is 0.1000. The van der Waals surface area contributed by atoms with Crippen molar-refractivity contribution in [2.75, 3.05) is 19.6 Å². The van der Waals surface area contributed by atoms with Crippen LogP contribution in [0.25, 0.3) is 0 Å². The zero-order chi connectivity index (χ0) is 14.4. The molecule has 0 bridgehead atoms. The highest BCUT2D eigenvalue weighted by atomic mass is 16.1. The van der Waals surface area contributed by atoms with E-state index in [0.717, 1.165) is 18.7 Å². The minimum Gasteiger partial charge on any atom is -0.366 e. The van der Waals surface area contributed by atoms with Gasteiger partial charge in [-0.05, 0) is 50.6 Å². The summed E-state index contributed by atoms with van der Waals surface area (Å²) in [6.45, 7) is 6.47. The number of nitrogens with one attached hydrogen (secondary N) is 1. The van der Waals surface area contributed by atoms with Gasteiger partial charge in [-0.15, -0.1) is 0 Å². The van der Waals surface area contributed by atoms with E-state index in [2.05, 4.69) is 17.1 Å². The predicted molar refractivity (Wildman–Crippen MR) is 81.6 cm³/mol. The maximum Gasteiger partial charge on any atom is 0.248 e. The Morgan fingerprint density at radius 2 is 2.10 bits per heavy atom. The molecule has 1 fully saturated rings. The summed E-state index contributed by atoms with van der Waals surface area (Å²) in [5.74, 6) is -0.367. The molecule has 0 saturated carbocycles. The lowest BCUT2D eigenvalue weighted by atomic mass is 10.1. The third kappa shape index (κ3) is 4.32. The maximum absolute atomic E-state index is 11.1. The summed E-state index contributed by atoms with van der Waals surface area (Å²) < 4.78 is 0. The number of benzene rings is 1. The van der Waals surface area contributed by atoms with Crippen molar-refractivity contribution in [1.29, 1.82) is 0 Å². The smallest absolute Gasteiger partial charge is 0.248 e. The molecule has 1 aliphatic heterocycles. The van der Waals surface area contributed by atoms with Crippen molar-refractivity contribution < 1.29 is 4.79 Å². The number of nitrogens with two attached hydrogens (primary N) is 1. The van der Waals surface area contributed by atoms with Crippen LogP contribution in [0.15, 0.2) is 24.3 Å². The first-order chi connectivity index (χ1) is 9.66. The van der Waals surface area contributed by atoms with Crippen LogP contribution in [0.2, 0.25) is 0 Å². The van der Waals surface area contributed by atoms with Crippen LogP contribution in [0.1, 0.15) is 42.1 Å². The van der Waals surface area contributed by atoms with E-state index in [1.165, 1.54) is 32.4 Å². The molecule has 1 amide bonds. The van der Waals surface area contributed by atoms with E-state index in [9.17, 15) is 4.79 Å². The van der Waals surface area contributed by atoms with Gasteiger partial charge in [-0.2, -0.15) is 0 Å². The number of piperidine rings is 1. The van der Waals surface area contributed by atoms with Gasteiger partial charge in [-0.25, -0.2) is 0 Å². The Morgan fingerprint density at radius 3 is 2.80 bits per heavy atom. The maximum atomic E-state index is 11.1. The molecular weight excluding hydrogens is 250 g/mol. The van der Waals surface area contributed by atoms with Crippen molar-refractivity contribution in [2.24, 2.45) is 5.73 Å². The highest BCUT2D eigenvalue weighted by Gasteiger charge is 2.15. The van der Waals surface area contributed by atoms with Crippen LogP contribution in [-0.4, -0.2) is 36.5 Å². The van der Waals surface area contributed by atoms with E-state index in [4.69, 9.17) is 5.73 Å². The summed E-state index contributed by atoms with van der Waals surface area (Å²) in [6.07, 6.45) is 4.02. The molecule has 1 aromatic carbocycles. The number of primary amides is 1. The Morgan fingerprint density at radius 1 is 1.35 bits per heavy atom. The fourth-order valence-electron chi connectivity index (χ4n) is 2.75. The topological polar surface area (TPSA) is 58.4 Å². The van der Waals surface area contributed by atoms with Gasteiger partial charge in [0.2, 0.25) is 5.91 Å². The quantitative estimate of drug-likeness (QED) is 0.831. The summed E-state index contributed by atoms with van der Waals surface area (Å²) in [4.78, 5) is 13.7. The average Bonchev–Trinajstić information content (AvgIpc) is 2.48. The number of carbonyl (C=O) groups is 1. The zero-order valence-electron chi connectivity index (χ0n) is 12.3. The lowest BCUT2D eigenvalue weighted by Gasteiger charge is -2.32. The van der Waals surface area contributed by atoms with Gasteiger partial charge >= 0.3 is 0 Å². The van der Waals surface area contributed by atoms with Gasteiger partial charge < -0.3 is 11.1 Å². The molecule has 20 heavy (non-hydrogen) atoms. The third-order valence-corrected chi connectivity index (χ3v) is 3.99. The first-order valence-electron chi connectivity index (χ1n) is 7.50. The molecule has 1 unspecified atom stereocenters. The van der Waals surface area contributed by atoms with E-state index < -0.39 is 0 Å². The molecule has 0 aliphatic carbocycles. The number of rotatable bonds is 6. The highest BCUT2D eigenvalue weighted by Crippen LogP contribution is 2.11. The van der Waals surface area contributed by atoms with Crippen LogP contribution in [-0.2, 0) is 6.54 Å². The monoisotopic (exact) mass is 275 g/mol. The normalized spacial score (nSPS) is 17.9. The summed E-state index contributed by atoms with van der Waals surface area (Å²) in [7, 11) is 0. The molecule has 1 atom stereocenters. The molecule has 4 nitrogen and oxygen atoms in total. The Bertz CT molecular complexity index is 441. The Kier molecular flexibility index (Phi) is 5.56. The average molecular weight is 275 g/mol. The van der Waals surface area contributed by atoms with E-state index >= 15 is 0 Å². The second-order valence-electron chi connectivity index (χ2n) is 5.64. The number of hydrogen-bond acceptors (Lipinski definition) is 3. The Labute approximate surface area is 121 Å². The fourth-order valence-corrected chi connectivity index (χ4v) is 2.75. The zero-order valence-corrected chi connectivity index (χ0v) is 12.3. The van der Waals surface area contributed by atoms with Gasteiger partial charge in [-0.3, -0.25) is 9.69 Å². The fraction of sp³-hybridized carbons (Fsp3) is 0.562. The van der Waals surface area contributed by atoms with E-state index in [1.807, 2.05) is 18.2 Å². The minimum atomic E-state index is -0.367. The van der Waals surface area contributed by atoms with Crippen molar-refractivity contribution in [2.45, 2.75) is 38.8 Å². The summed E-state index contributed by atoms with van der Waals surface area (Å²) >= 11 is 0.